The summed E-state index contributed by atoms with van der Waals surface area (Å²) in [5.74, 6) is 3.36. The van der Waals surface area contributed by atoms with Crippen molar-refractivity contribution in [2.75, 3.05) is 0 Å². The van der Waals surface area contributed by atoms with Crippen LogP contribution in [0.1, 0.15) is 11.1 Å². The summed E-state index contributed by atoms with van der Waals surface area (Å²) in [6.07, 6.45) is 3.80. The Bertz CT molecular complexity index is 2890. The largest absolute Gasteiger partial charge is 0.503 e. The number of para-hydroxylation sites is 1. The number of aromatic nitrogens is 2. The number of benzene rings is 7. The Morgan fingerprint density at radius 1 is 0.500 bits per heavy atom. The Morgan fingerprint density at radius 3 is 1.87 bits per heavy atom. The van der Waals surface area contributed by atoms with Gasteiger partial charge in [-0.25, -0.2) is 0 Å². The summed E-state index contributed by atoms with van der Waals surface area (Å²) in [6, 6.07) is 66.9. The van der Waals surface area contributed by atoms with Gasteiger partial charge in [0.1, 0.15) is 17.2 Å². The fourth-order valence-electron chi connectivity index (χ4n) is 8.15. The number of rotatable bonds is 5. The average molecular weight is 949 g/mol. The smallest absolute Gasteiger partial charge is 0.241 e. The number of ether oxygens (including phenoxy) is 2. The molecule has 0 atom stereocenters. The maximum absolute atomic E-state index is 6.52. The zero-order valence-electron chi connectivity index (χ0n) is 33.0. The topological polar surface area (TPSA) is 44.2 Å². The molecule has 0 fully saturated rings. The van der Waals surface area contributed by atoms with Crippen molar-refractivity contribution in [3.63, 3.8) is 0 Å². The molecule has 2 aromatic heterocycles. The summed E-state index contributed by atoms with van der Waals surface area (Å²) < 4.78 is 12.7. The molecular formula is C54H37BIrN2O2-2. The van der Waals surface area contributed by atoms with Gasteiger partial charge in [0.05, 0.1) is 0 Å². The van der Waals surface area contributed by atoms with Gasteiger partial charge in [0.25, 0.3) is 0 Å². The molecule has 4 heterocycles. The van der Waals surface area contributed by atoms with Crippen LogP contribution in [0.15, 0.2) is 188 Å². The standard InChI is InChI=1S/C29H17BNO2.C25H20N.Ir/c1-2-8-19(9-3-1)20-16-17-31-24(18-20)21-10-6-12-23-29(21)33-27-15-7-14-26-28(27)30(23)22-11-4-5-13-25(22)32-26;1-18-13-14-22(15-23(18)20-9-5-3-6-10-20)25-16-24(19(2)17-26-25)21-11-7-4-8-12-21;/h1-9,11-18H;3-13,15-17H,1-2H3;/q2*-1;. The second kappa shape index (κ2) is 16.8. The predicted molar refractivity (Wildman–Crippen MR) is 240 cm³/mol. The van der Waals surface area contributed by atoms with Crippen molar-refractivity contribution in [1.29, 1.82) is 0 Å². The van der Waals surface area contributed by atoms with Gasteiger partial charge in [0, 0.05) is 43.7 Å². The molecule has 9 aromatic rings. The number of hydrogen-bond donors (Lipinski definition) is 0. The van der Waals surface area contributed by atoms with Crippen LogP contribution < -0.4 is 25.9 Å². The molecule has 0 N–H and O–H groups in total. The monoisotopic (exact) mass is 949 g/mol. The summed E-state index contributed by atoms with van der Waals surface area (Å²) >= 11 is 0. The molecule has 2 aliphatic rings. The van der Waals surface area contributed by atoms with Crippen molar-refractivity contribution < 1.29 is 29.6 Å². The first-order valence-electron chi connectivity index (χ1n) is 19.8. The Hall–Kier alpha value is -6.85. The molecule has 7 aromatic carbocycles. The Morgan fingerprint density at radius 2 is 1.13 bits per heavy atom. The minimum Gasteiger partial charge on any atom is -0.503 e. The van der Waals surface area contributed by atoms with Crippen LogP contribution >= 0.6 is 0 Å². The summed E-state index contributed by atoms with van der Waals surface area (Å²) in [6.45, 7) is 4.27. The van der Waals surface area contributed by atoms with Gasteiger partial charge in [-0.1, -0.05) is 145 Å². The molecule has 6 heteroatoms. The summed E-state index contributed by atoms with van der Waals surface area (Å²) in [5.41, 5.74) is 16.5. The fourth-order valence-corrected chi connectivity index (χ4v) is 8.15. The van der Waals surface area contributed by atoms with Crippen molar-refractivity contribution in [2.24, 2.45) is 0 Å². The molecule has 4 nitrogen and oxygen atoms in total. The molecule has 0 spiro atoms. The van der Waals surface area contributed by atoms with Crippen molar-refractivity contribution in [1.82, 2.24) is 9.97 Å². The van der Waals surface area contributed by atoms with E-state index in [0.717, 1.165) is 73.0 Å². The zero-order valence-corrected chi connectivity index (χ0v) is 35.4. The SMILES string of the molecule is Cc1c[c-]c(-c2cc(-c3ccccc3)c(C)cn2)cc1-c1ccccc1.[Ir].[c-]1ccc2c(c1-c1cc(-c3ccccc3)ccn1)Oc1cccc3c1B2c1ccccc1O3. The molecule has 0 aliphatic carbocycles. The number of aryl methyl sites for hydroxylation is 2. The minimum absolute atomic E-state index is 0. The van der Waals surface area contributed by atoms with Gasteiger partial charge in [-0.2, -0.15) is 0 Å². The van der Waals surface area contributed by atoms with E-state index in [4.69, 9.17) is 14.5 Å². The third kappa shape index (κ3) is 7.37. The summed E-state index contributed by atoms with van der Waals surface area (Å²) in [5, 5.41) is 0. The Balaban J connectivity index is 0.000000156. The molecule has 0 bridgehead atoms. The van der Waals surface area contributed by atoms with Gasteiger partial charge < -0.3 is 19.4 Å². The van der Waals surface area contributed by atoms with Gasteiger partial charge in [0.15, 0.2) is 0 Å². The van der Waals surface area contributed by atoms with Gasteiger partial charge in [0.2, 0.25) is 6.71 Å². The molecule has 60 heavy (non-hydrogen) atoms. The van der Waals surface area contributed by atoms with Gasteiger partial charge in [-0.05, 0) is 81.4 Å². The first-order chi connectivity index (χ1) is 29.1. The van der Waals surface area contributed by atoms with Crippen molar-refractivity contribution in [2.45, 2.75) is 13.8 Å². The molecule has 11 rings (SSSR count). The Kier molecular flexibility index (Phi) is 10.8. The fraction of sp³-hybridized carbons (Fsp3) is 0.0370. The molecule has 0 saturated heterocycles. The van der Waals surface area contributed by atoms with E-state index in [2.05, 4.69) is 134 Å². The molecule has 0 amide bonds. The van der Waals surface area contributed by atoms with Crippen LogP contribution in [0.2, 0.25) is 0 Å². The van der Waals surface area contributed by atoms with E-state index in [1.165, 1.54) is 33.4 Å². The van der Waals surface area contributed by atoms with Gasteiger partial charge in [-0.15, -0.1) is 53.0 Å². The molecule has 0 unspecified atom stereocenters. The summed E-state index contributed by atoms with van der Waals surface area (Å²) in [4.78, 5) is 9.36. The molecule has 0 saturated carbocycles. The van der Waals surface area contributed by atoms with Gasteiger partial charge in [-0.3, -0.25) is 0 Å². The normalized spacial score (nSPS) is 11.6. The van der Waals surface area contributed by atoms with Crippen LogP contribution in [0.4, 0.5) is 0 Å². The average Bonchev–Trinajstić information content (AvgIpc) is 3.30. The van der Waals surface area contributed by atoms with Crippen LogP contribution in [0.5, 0.6) is 23.0 Å². The number of hydrogen-bond acceptors (Lipinski definition) is 4. The molecule has 289 valence electrons. The minimum atomic E-state index is 0. The van der Waals surface area contributed by atoms with E-state index in [0.29, 0.717) is 0 Å². The van der Waals surface area contributed by atoms with Crippen molar-refractivity contribution in [3.05, 3.63) is 212 Å². The van der Waals surface area contributed by atoms with Crippen molar-refractivity contribution >= 4 is 23.1 Å². The van der Waals surface area contributed by atoms with Gasteiger partial charge >= 0.3 is 0 Å². The second-order valence-electron chi connectivity index (χ2n) is 14.8. The van der Waals surface area contributed by atoms with Crippen molar-refractivity contribution in [3.8, 4) is 78.9 Å². The van der Waals surface area contributed by atoms with E-state index in [1.807, 2.05) is 85.2 Å². The van der Waals surface area contributed by atoms with Crippen LogP contribution in [0.25, 0.3) is 55.9 Å². The third-order valence-electron chi connectivity index (χ3n) is 11.1. The Labute approximate surface area is 365 Å². The molecule has 1 radical (unpaired) electrons. The van der Waals surface area contributed by atoms with Crippen LogP contribution in [-0.4, -0.2) is 16.7 Å². The first-order valence-corrected chi connectivity index (χ1v) is 19.8. The van der Waals surface area contributed by atoms with E-state index in [9.17, 15) is 0 Å². The number of nitrogens with zero attached hydrogens (tertiary/aromatic N) is 2. The molecular weight excluding hydrogens is 912 g/mol. The maximum atomic E-state index is 6.52. The maximum Gasteiger partial charge on any atom is 0.241 e. The number of pyridine rings is 2. The van der Waals surface area contributed by atoms with E-state index >= 15 is 0 Å². The van der Waals surface area contributed by atoms with Crippen LogP contribution in [0, 0.1) is 26.0 Å². The van der Waals surface area contributed by atoms with E-state index in [1.54, 1.807) is 0 Å². The van der Waals surface area contributed by atoms with E-state index in [-0.39, 0.29) is 26.8 Å². The number of fused-ring (bicyclic) bond motifs is 4. The summed E-state index contributed by atoms with van der Waals surface area (Å²) in [7, 11) is 0. The second-order valence-corrected chi connectivity index (χ2v) is 14.8. The zero-order chi connectivity index (χ0) is 39.7. The quantitative estimate of drug-likeness (QED) is 0.127. The molecule has 2 aliphatic heterocycles. The van der Waals surface area contributed by atoms with Crippen LogP contribution in [0.3, 0.4) is 0 Å². The predicted octanol–water partition coefficient (Wildman–Crippen LogP) is 11.4. The third-order valence-corrected chi connectivity index (χ3v) is 11.1. The first kappa shape index (κ1) is 38.7. The van der Waals surface area contributed by atoms with E-state index < -0.39 is 0 Å². The van der Waals surface area contributed by atoms with Crippen LogP contribution in [-0.2, 0) is 20.1 Å².